The number of methoxy groups -OCH3 is 2. The van der Waals surface area contributed by atoms with E-state index in [0.29, 0.717) is 37.2 Å². The number of phenols is 3. The van der Waals surface area contributed by atoms with Gasteiger partial charge in [-0.1, -0.05) is 84.9 Å². The van der Waals surface area contributed by atoms with Crippen molar-refractivity contribution in [3.8, 4) is 39.9 Å². The lowest BCUT2D eigenvalue weighted by molar-refractivity contribution is -0.164. The predicted octanol–water partition coefficient (Wildman–Crippen LogP) is 10.3. The Bertz CT molecular complexity index is 2710. The molecule has 0 aromatic heterocycles. The minimum Gasteiger partial charge on any atom is -0.508 e. The fourth-order valence-electron chi connectivity index (χ4n) is 11.1. The summed E-state index contributed by atoms with van der Waals surface area (Å²) in [6.45, 7) is 1.43. The quantitative estimate of drug-likeness (QED) is 0.122. The predicted molar refractivity (Wildman–Crippen MR) is 242 cm³/mol. The number of esters is 2. The molecule has 1 fully saturated rings. The average Bonchev–Trinajstić information content (AvgIpc) is 3.27. The maximum Gasteiger partial charge on any atom is 0.310 e. The zero-order valence-electron chi connectivity index (χ0n) is 35.8. The summed E-state index contributed by atoms with van der Waals surface area (Å²) in [6.07, 6.45) is 6.47. The molecule has 9 nitrogen and oxygen atoms in total. The third kappa shape index (κ3) is 8.20. The summed E-state index contributed by atoms with van der Waals surface area (Å²) in [4.78, 5) is 27.5. The summed E-state index contributed by atoms with van der Waals surface area (Å²) in [6, 6.07) is 36.7. The Labute approximate surface area is 367 Å². The summed E-state index contributed by atoms with van der Waals surface area (Å²) in [5.41, 5.74) is 7.08. The van der Waals surface area contributed by atoms with E-state index in [1.54, 1.807) is 25.3 Å². The van der Waals surface area contributed by atoms with Gasteiger partial charge in [0.1, 0.15) is 18.0 Å². The Morgan fingerprint density at radius 3 is 2.19 bits per heavy atom. The van der Waals surface area contributed by atoms with Crippen LogP contribution in [-0.4, -0.2) is 53.7 Å². The van der Waals surface area contributed by atoms with Crippen LogP contribution in [0.1, 0.15) is 65.5 Å². The molecule has 3 aliphatic carbocycles. The molecule has 0 radical (unpaired) electrons. The Kier molecular flexibility index (Phi) is 11.4. The summed E-state index contributed by atoms with van der Waals surface area (Å²) in [7, 11) is 3.08. The number of carbonyl (C=O) groups is 2. The Balaban J connectivity index is 1.14. The van der Waals surface area contributed by atoms with Crippen LogP contribution in [0.3, 0.4) is 0 Å². The number of rotatable bonds is 9. The number of carbonyl (C=O) groups excluding carboxylic acids is 2. The molecular formula is C54H52O9. The van der Waals surface area contributed by atoms with E-state index in [0.717, 1.165) is 61.7 Å². The highest BCUT2D eigenvalue weighted by Crippen LogP contribution is 2.60. The fourth-order valence-corrected chi connectivity index (χ4v) is 11.1. The first kappa shape index (κ1) is 41.6. The normalized spacial score (nSPS) is 22.7. The number of phenolic OH excluding ortho intramolecular Hbond substituents is 3. The molecule has 322 valence electrons. The van der Waals surface area contributed by atoms with Crippen molar-refractivity contribution in [3.63, 3.8) is 0 Å². The van der Waals surface area contributed by atoms with Crippen molar-refractivity contribution in [1.82, 2.24) is 0 Å². The van der Waals surface area contributed by atoms with Crippen molar-refractivity contribution in [3.05, 3.63) is 155 Å². The van der Waals surface area contributed by atoms with E-state index in [2.05, 4.69) is 24.3 Å². The average molecular weight is 845 g/mol. The van der Waals surface area contributed by atoms with Gasteiger partial charge in [0.2, 0.25) is 0 Å². The van der Waals surface area contributed by atoms with Crippen LogP contribution in [0, 0.1) is 17.3 Å². The van der Waals surface area contributed by atoms with Gasteiger partial charge in [0, 0.05) is 24.7 Å². The topological polar surface area (TPSA) is 132 Å². The number of hydrogen-bond acceptors (Lipinski definition) is 9. The zero-order valence-corrected chi connectivity index (χ0v) is 35.8. The lowest BCUT2D eigenvalue weighted by atomic mass is 9.49. The zero-order chi connectivity index (χ0) is 43.8. The minimum absolute atomic E-state index is 0.00992. The summed E-state index contributed by atoms with van der Waals surface area (Å²) in [5, 5.41) is 34.4. The van der Waals surface area contributed by atoms with Crippen LogP contribution in [-0.2, 0) is 44.7 Å². The van der Waals surface area contributed by atoms with Crippen molar-refractivity contribution in [2.24, 2.45) is 17.3 Å². The van der Waals surface area contributed by atoms with Crippen LogP contribution in [0.5, 0.6) is 28.7 Å². The molecule has 6 aromatic rings. The van der Waals surface area contributed by atoms with Gasteiger partial charge >= 0.3 is 11.9 Å². The van der Waals surface area contributed by atoms with Crippen LogP contribution >= 0.6 is 0 Å². The SMILES string of the molecule is COc1cc2c(cc1O)C[C@]1(C=Cc3ccccc3)[C@H](C2)[C@@H](OC(C)=O)C[C@@H](OC(=O)Cc2ccc3cc(O)cc(-c4ccccc4)c3c2)C[C@@H]2c3cc(OC)c(O)cc3CC[C@@H]21. The molecule has 9 heteroatoms. The van der Waals surface area contributed by atoms with Crippen LogP contribution in [0.25, 0.3) is 28.0 Å². The number of aryl methyl sites for hydroxylation is 1. The molecule has 3 aliphatic rings. The lowest BCUT2D eigenvalue weighted by Crippen LogP contribution is -2.54. The van der Waals surface area contributed by atoms with Crippen LogP contribution in [0.15, 0.2) is 121 Å². The molecule has 0 heterocycles. The fraction of sp³-hybridized carbons (Fsp3) is 0.296. The third-order valence-corrected chi connectivity index (χ3v) is 13.8. The third-order valence-electron chi connectivity index (χ3n) is 13.8. The molecule has 9 rings (SSSR count). The number of fused-ring (bicyclic) bond motifs is 7. The van der Waals surface area contributed by atoms with Crippen molar-refractivity contribution < 1.29 is 43.9 Å². The van der Waals surface area contributed by atoms with Gasteiger partial charge in [-0.2, -0.15) is 0 Å². The van der Waals surface area contributed by atoms with Crippen molar-refractivity contribution in [1.29, 1.82) is 0 Å². The van der Waals surface area contributed by atoms with E-state index in [9.17, 15) is 24.9 Å². The summed E-state index contributed by atoms with van der Waals surface area (Å²) in [5.74, 6) is -0.222. The Morgan fingerprint density at radius 2 is 1.46 bits per heavy atom. The maximum atomic E-state index is 14.3. The summed E-state index contributed by atoms with van der Waals surface area (Å²) >= 11 is 0. The van der Waals surface area contributed by atoms with Crippen LogP contribution < -0.4 is 9.47 Å². The first-order valence-electron chi connectivity index (χ1n) is 21.7. The molecule has 0 spiro atoms. The van der Waals surface area contributed by atoms with Gasteiger partial charge in [-0.3, -0.25) is 9.59 Å². The minimum atomic E-state index is -0.635. The molecule has 1 saturated carbocycles. The van der Waals surface area contributed by atoms with E-state index in [4.69, 9.17) is 18.9 Å². The highest BCUT2D eigenvalue weighted by atomic mass is 16.6. The van der Waals surface area contributed by atoms with Crippen LogP contribution in [0.4, 0.5) is 0 Å². The van der Waals surface area contributed by atoms with Gasteiger partial charge in [-0.15, -0.1) is 0 Å². The van der Waals surface area contributed by atoms with Gasteiger partial charge in [-0.05, 0) is 142 Å². The number of benzene rings is 6. The molecule has 6 aromatic carbocycles. The second-order valence-electron chi connectivity index (χ2n) is 17.4. The van der Waals surface area contributed by atoms with Crippen molar-refractivity contribution >= 4 is 28.8 Å². The monoisotopic (exact) mass is 844 g/mol. The van der Waals surface area contributed by atoms with Gasteiger partial charge < -0.3 is 34.3 Å². The van der Waals surface area contributed by atoms with E-state index in [-0.39, 0.29) is 47.8 Å². The Hall–Kier alpha value is -6.74. The smallest absolute Gasteiger partial charge is 0.310 e. The van der Waals surface area contributed by atoms with Crippen molar-refractivity contribution in [2.45, 2.75) is 70.0 Å². The molecule has 0 amide bonds. The van der Waals surface area contributed by atoms with Gasteiger partial charge in [-0.25, -0.2) is 0 Å². The molecule has 0 unspecified atom stereocenters. The summed E-state index contributed by atoms with van der Waals surface area (Å²) < 4.78 is 24.3. The number of hydrogen-bond donors (Lipinski definition) is 3. The molecule has 3 N–H and O–H groups in total. The first-order chi connectivity index (χ1) is 30.5. The van der Waals surface area contributed by atoms with Gasteiger partial charge in [0.05, 0.1) is 20.6 Å². The molecular weight excluding hydrogens is 793 g/mol. The highest BCUT2D eigenvalue weighted by molar-refractivity contribution is 5.98. The van der Waals surface area contributed by atoms with Gasteiger partial charge in [0.15, 0.2) is 23.0 Å². The molecule has 6 atom stereocenters. The molecule has 0 saturated heterocycles. The number of allylic oxidation sites excluding steroid dienone is 1. The second kappa shape index (κ2) is 17.2. The maximum absolute atomic E-state index is 14.3. The Morgan fingerprint density at radius 1 is 0.746 bits per heavy atom. The van der Waals surface area contributed by atoms with Crippen LogP contribution in [0.2, 0.25) is 0 Å². The van der Waals surface area contributed by atoms with E-state index in [1.165, 1.54) is 14.0 Å². The number of ether oxygens (including phenoxy) is 4. The lowest BCUT2D eigenvalue weighted by Gasteiger charge is -2.56. The molecule has 0 bridgehead atoms. The van der Waals surface area contributed by atoms with E-state index < -0.39 is 29.6 Å². The van der Waals surface area contributed by atoms with Gasteiger partial charge in [0.25, 0.3) is 0 Å². The van der Waals surface area contributed by atoms with E-state index in [1.807, 2.05) is 84.9 Å². The largest absolute Gasteiger partial charge is 0.508 e. The number of aromatic hydroxyl groups is 3. The highest BCUT2D eigenvalue weighted by Gasteiger charge is 2.56. The van der Waals surface area contributed by atoms with E-state index >= 15 is 0 Å². The second-order valence-corrected chi connectivity index (χ2v) is 17.4. The molecule has 0 aliphatic heterocycles. The van der Waals surface area contributed by atoms with Crippen molar-refractivity contribution in [2.75, 3.05) is 14.2 Å². The first-order valence-corrected chi connectivity index (χ1v) is 21.7. The molecule has 63 heavy (non-hydrogen) atoms. The standard InChI is InChI=1S/C54H52O9/c1-32(55)62-50-29-41(63-53(59)21-34-14-15-36-22-40(56)27-43(42(36)20-34)35-12-8-5-9-13-35)28-45-44-30-52(61-3)48(57)24-37(44)16-17-46(45)54(19-18-33-10-6-4-7-11-33)31-39-25-49(58)51(60-2)26-38(39)23-47(50)54/h4-15,18-20,22,24-27,30,41,45-47,50,56-58H,16-17,21,23,28-29,31H2,1-3H3/t41-,45+,46-,47+,50-,54-/m0/s1.